The van der Waals surface area contributed by atoms with Gasteiger partial charge in [0.1, 0.15) is 0 Å². The van der Waals surface area contributed by atoms with Gasteiger partial charge in [-0.2, -0.15) is 0 Å². The number of rotatable bonds is 4. The standard InChI is InChI=1S/C26H25ClN2OS/c27-21-8-6-19(7-9-21)22-23(20-4-2-1-3-5-20)31-25(28-22)29-24(30)26-13-16-10-17(14-26)12-18(11-16)15-26/h1-9,16-18H,10-15H2,(H,28,29,30). The molecule has 4 saturated carbocycles. The number of carbonyl (C=O) groups is 1. The molecule has 5 heteroatoms. The summed E-state index contributed by atoms with van der Waals surface area (Å²) in [7, 11) is 0. The highest BCUT2D eigenvalue weighted by Gasteiger charge is 2.54. The summed E-state index contributed by atoms with van der Waals surface area (Å²) >= 11 is 7.67. The molecule has 4 aliphatic rings. The van der Waals surface area contributed by atoms with Crippen molar-refractivity contribution in [1.82, 2.24) is 4.98 Å². The third-order valence-corrected chi connectivity index (χ3v) is 8.79. The first kappa shape index (κ1) is 19.5. The first-order valence-corrected chi connectivity index (χ1v) is 12.4. The average Bonchev–Trinajstić information content (AvgIpc) is 3.18. The van der Waals surface area contributed by atoms with E-state index in [-0.39, 0.29) is 11.3 Å². The molecule has 0 unspecified atom stereocenters. The monoisotopic (exact) mass is 448 g/mol. The van der Waals surface area contributed by atoms with Gasteiger partial charge in [-0.1, -0.05) is 65.4 Å². The van der Waals surface area contributed by atoms with Gasteiger partial charge in [0.25, 0.3) is 0 Å². The number of thiazole rings is 1. The van der Waals surface area contributed by atoms with Crippen molar-refractivity contribution in [3.63, 3.8) is 0 Å². The summed E-state index contributed by atoms with van der Waals surface area (Å²) in [6.45, 7) is 0. The maximum atomic E-state index is 13.5. The molecule has 4 fully saturated rings. The molecule has 1 aromatic heterocycles. The number of hydrogen-bond acceptors (Lipinski definition) is 3. The summed E-state index contributed by atoms with van der Waals surface area (Å²) < 4.78 is 0. The quantitative estimate of drug-likeness (QED) is 0.455. The Kier molecular flexibility index (Phi) is 4.69. The fourth-order valence-corrected chi connectivity index (χ4v) is 7.69. The minimum absolute atomic E-state index is 0.173. The van der Waals surface area contributed by atoms with Crippen molar-refractivity contribution in [2.24, 2.45) is 23.2 Å². The van der Waals surface area contributed by atoms with E-state index in [9.17, 15) is 4.79 Å². The van der Waals surface area contributed by atoms with Crippen LogP contribution in [0.15, 0.2) is 54.6 Å². The summed E-state index contributed by atoms with van der Waals surface area (Å²) in [6.07, 6.45) is 7.19. The van der Waals surface area contributed by atoms with Gasteiger partial charge < -0.3 is 5.32 Å². The van der Waals surface area contributed by atoms with E-state index < -0.39 is 0 Å². The van der Waals surface area contributed by atoms with Crippen molar-refractivity contribution < 1.29 is 4.79 Å². The van der Waals surface area contributed by atoms with Crippen LogP contribution in [0.3, 0.4) is 0 Å². The highest BCUT2D eigenvalue weighted by atomic mass is 35.5. The summed E-state index contributed by atoms with van der Waals surface area (Å²) in [5, 5.41) is 4.66. The largest absolute Gasteiger partial charge is 0.301 e. The molecule has 7 rings (SSSR count). The lowest BCUT2D eigenvalue weighted by Gasteiger charge is -2.55. The number of nitrogens with one attached hydrogen (secondary N) is 1. The van der Waals surface area contributed by atoms with Gasteiger partial charge in [-0.15, -0.1) is 0 Å². The van der Waals surface area contributed by atoms with E-state index >= 15 is 0 Å². The highest BCUT2D eigenvalue weighted by molar-refractivity contribution is 7.19. The Morgan fingerprint density at radius 3 is 2.13 bits per heavy atom. The van der Waals surface area contributed by atoms with Crippen LogP contribution < -0.4 is 5.32 Å². The highest BCUT2D eigenvalue weighted by Crippen LogP contribution is 2.60. The van der Waals surface area contributed by atoms with Gasteiger partial charge in [-0.25, -0.2) is 4.98 Å². The van der Waals surface area contributed by atoms with Gasteiger partial charge in [0.05, 0.1) is 16.0 Å². The molecule has 4 bridgehead atoms. The van der Waals surface area contributed by atoms with Gasteiger partial charge >= 0.3 is 0 Å². The molecule has 0 radical (unpaired) electrons. The van der Waals surface area contributed by atoms with Crippen molar-refractivity contribution in [1.29, 1.82) is 0 Å². The molecular formula is C26H25ClN2OS. The number of carbonyl (C=O) groups excluding carboxylic acids is 1. The van der Waals surface area contributed by atoms with Crippen LogP contribution in [-0.4, -0.2) is 10.9 Å². The summed E-state index contributed by atoms with van der Waals surface area (Å²) in [4.78, 5) is 19.5. The Morgan fingerprint density at radius 1 is 0.903 bits per heavy atom. The lowest BCUT2D eigenvalue weighted by atomic mass is 9.49. The van der Waals surface area contributed by atoms with E-state index in [0.29, 0.717) is 10.2 Å². The zero-order chi connectivity index (χ0) is 21.0. The second kappa shape index (κ2) is 7.46. The Labute approximate surface area is 191 Å². The first-order chi connectivity index (χ1) is 15.1. The summed E-state index contributed by atoms with van der Waals surface area (Å²) in [5.41, 5.74) is 2.84. The van der Waals surface area contributed by atoms with Crippen LogP contribution in [0.25, 0.3) is 21.7 Å². The van der Waals surface area contributed by atoms with Crippen LogP contribution in [0.4, 0.5) is 5.13 Å². The fraction of sp³-hybridized carbons (Fsp3) is 0.385. The SMILES string of the molecule is O=C(Nc1nc(-c2ccc(Cl)cc2)c(-c2ccccc2)s1)C12CC3CC(CC(C3)C1)C2. The van der Waals surface area contributed by atoms with Gasteiger partial charge in [0.15, 0.2) is 5.13 Å². The number of amides is 1. The van der Waals surface area contributed by atoms with Crippen molar-refractivity contribution in [2.45, 2.75) is 38.5 Å². The van der Waals surface area contributed by atoms with Crippen LogP contribution >= 0.6 is 22.9 Å². The topological polar surface area (TPSA) is 42.0 Å². The van der Waals surface area contributed by atoms with Crippen LogP contribution in [0.1, 0.15) is 38.5 Å². The molecule has 1 amide bonds. The molecule has 2 aromatic carbocycles. The molecule has 158 valence electrons. The second-order valence-corrected chi connectivity index (χ2v) is 11.2. The van der Waals surface area contributed by atoms with Crippen LogP contribution in [0, 0.1) is 23.2 Å². The Balaban J connectivity index is 1.34. The van der Waals surface area contributed by atoms with Crippen molar-refractivity contribution in [3.05, 3.63) is 59.6 Å². The zero-order valence-corrected chi connectivity index (χ0v) is 18.9. The average molecular weight is 449 g/mol. The Hall–Kier alpha value is -2.17. The summed E-state index contributed by atoms with van der Waals surface area (Å²) in [6, 6.07) is 18.0. The molecule has 1 heterocycles. The molecule has 0 atom stereocenters. The molecular weight excluding hydrogens is 424 g/mol. The Bertz CT molecular complexity index is 1090. The van der Waals surface area contributed by atoms with Crippen LogP contribution in [0.5, 0.6) is 0 Å². The van der Waals surface area contributed by atoms with E-state index in [2.05, 4.69) is 17.4 Å². The third-order valence-electron chi connectivity index (χ3n) is 7.52. The molecule has 31 heavy (non-hydrogen) atoms. The van der Waals surface area contributed by atoms with Crippen LogP contribution in [0.2, 0.25) is 5.02 Å². The number of aromatic nitrogens is 1. The maximum Gasteiger partial charge on any atom is 0.232 e. The summed E-state index contributed by atoms with van der Waals surface area (Å²) in [5.74, 6) is 2.44. The van der Waals surface area contributed by atoms with E-state index in [1.165, 1.54) is 19.3 Å². The van der Waals surface area contributed by atoms with Gasteiger partial charge in [0, 0.05) is 10.6 Å². The van der Waals surface area contributed by atoms with Crippen molar-refractivity contribution >= 4 is 34.0 Å². The van der Waals surface area contributed by atoms with E-state index in [1.807, 2.05) is 42.5 Å². The molecule has 0 saturated heterocycles. The number of benzene rings is 2. The third kappa shape index (κ3) is 3.50. The normalized spacial score (nSPS) is 28.6. The van der Waals surface area contributed by atoms with E-state index in [1.54, 1.807) is 11.3 Å². The Morgan fingerprint density at radius 2 is 1.52 bits per heavy atom. The second-order valence-electron chi connectivity index (χ2n) is 9.72. The lowest BCUT2D eigenvalue weighted by molar-refractivity contribution is -0.140. The zero-order valence-electron chi connectivity index (χ0n) is 17.3. The molecule has 1 N–H and O–H groups in total. The van der Waals surface area contributed by atoms with Crippen molar-refractivity contribution in [2.75, 3.05) is 5.32 Å². The smallest absolute Gasteiger partial charge is 0.232 e. The van der Waals surface area contributed by atoms with E-state index in [0.717, 1.165) is 58.7 Å². The molecule has 0 aliphatic heterocycles. The molecule has 3 aromatic rings. The number of hydrogen-bond donors (Lipinski definition) is 1. The molecule has 0 spiro atoms. The van der Waals surface area contributed by atoms with Gasteiger partial charge in [0.2, 0.25) is 5.91 Å². The van der Waals surface area contributed by atoms with Crippen LogP contribution in [-0.2, 0) is 4.79 Å². The fourth-order valence-electron chi connectivity index (χ4n) is 6.58. The van der Waals surface area contributed by atoms with Gasteiger partial charge in [-0.3, -0.25) is 4.79 Å². The number of halogens is 1. The first-order valence-electron chi connectivity index (χ1n) is 11.2. The molecule has 3 nitrogen and oxygen atoms in total. The lowest BCUT2D eigenvalue weighted by Crippen LogP contribution is -2.51. The van der Waals surface area contributed by atoms with E-state index in [4.69, 9.17) is 16.6 Å². The predicted molar refractivity (Wildman–Crippen MR) is 127 cm³/mol. The molecule has 4 aliphatic carbocycles. The predicted octanol–water partition coefficient (Wildman–Crippen LogP) is 7.29. The minimum atomic E-state index is -0.173. The number of anilines is 1. The minimum Gasteiger partial charge on any atom is -0.301 e. The van der Waals surface area contributed by atoms with Crippen molar-refractivity contribution in [3.8, 4) is 21.7 Å². The van der Waals surface area contributed by atoms with Gasteiger partial charge in [-0.05, 0) is 74.0 Å². The maximum absolute atomic E-state index is 13.5. The number of nitrogens with zero attached hydrogens (tertiary/aromatic N) is 1.